The summed E-state index contributed by atoms with van der Waals surface area (Å²) in [6.07, 6.45) is 3.35. The lowest BCUT2D eigenvalue weighted by atomic mass is 10.1. The quantitative estimate of drug-likeness (QED) is 0.495. The zero-order chi connectivity index (χ0) is 20.1. The Morgan fingerprint density at radius 3 is 2.86 bits per heavy atom. The lowest BCUT2D eigenvalue weighted by molar-refractivity contribution is -0.112. The molecule has 3 aromatic rings. The van der Waals surface area contributed by atoms with Crippen molar-refractivity contribution >= 4 is 29.0 Å². The number of nitrogens with one attached hydrogen (secondary N) is 1. The van der Waals surface area contributed by atoms with Crippen LogP contribution >= 0.6 is 11.3 Å². The van der Waals surface area contributed by atoms with Gasteiger partial charge in [-0.15, -0.1) is 11.3 Å². The van der Waals surface area contributed by atoms with Crippen LogP contribution in [-0.2, 0) is 4.79 Å². The fourth-order valence-electron chi connectivity index (χ4n) is 2.90. The van der Waals surface area contributed by atoms with Gasteiger partial charge in [-0.1, -0.05) is 12.1 Å². The van der Waals surface area contributed by atoms with Gasteiger partial charge in [-0.05, 0) is 50.6 Å². The van der Waals surface area contributed by atoms with Crippen LogP contribution in [0.4, 0.5) is 5.69 Å². The van der Waals surface area contributed by atoms with Crippen LogP contribution in [-0.4, -0.2) is 22.1 Å². The number of para-hydroxylation sites is 2. The van der Waals surface area contributed by atoms with Crippen molar-refractivity contribution in [3.8, 4) is 17.0 Å². The molecule has 0 aliphatic rings. The highest BCUT2D eigenvalue weighted by molar-refractivity contribution is 7.12. The number of benzene rings is 1. The van der Waals surface area contributed by atoms with Crippen LogP contribution in [0.1, 0.15) is 23.9 Å². The molecule has 0 saturated carbocycles. The van der Waals surface area contributed by atoms with Gasteiger partial charge in [0.05, 0.1) is 12.3 Å². The van der Waals surface area contributed by atoms with Gasteiger partial charge in [0.1, 0.15) is 17.4 Å². The Morgan fingerprint density at radius 2 is 2.18 bits per heavy atom. The van der Waals surface area contributed by atoms with E-state index in [-0.39, 0.29) is 5.57 Å². The summed E-state index contributed by atoms with van der Waals surface area (Å²) in [7, 11) is 0. The third kappa shape index (κ3) is 3.97. The normalized spacial score (nSPS) is 11.1. The largest absolute Gasteiger partial charge is 0.492 e. The molecule has 2 aromatic heterocycles. The highest BCUT2D eigenvalue weighted by Crippen LogP contribution is 2.26. The zero-order valence-electron chi connectivity index (χ0n) is 15.9. The number of anilines is 1. The van der Waals surface area contributed by atoms with Crippen molar-refractivity contribution in [2.24, 2.45) is 0 Å². The summed E-state index contributed by atoms with van der Waals surface area (Å²) in [5, 5.41) is 15.1. The molecule has 0 spiro atoms. The van der Waals surface area contributed by atoms with Crippen LogP contribution in [0.15, 0.2) is 47.5 Å². The Kier molecular flexibility index (Phi) is 5.92. The molecule has 2 heterocycles. The molecule has 1 aromatic carbocycles. The number of aromatic nitrogens is 2. The van der Waals surface area contributed by atoms with Crippen molar-refractivity contribution in [1.82, 2.24) is 9.55 Å². The number of nitrogens with zero attached hydrogens (tertiary/aromatic N) is 3. The Balaban J connectivity index is 1.90. The number of rotatable bonds is 6. The number of hydrogen-bond donors (Lipinski definition) is 1. The number of hydrogen-bond acceptors (Lipinski definition) is 5. The van der Waals surface area contributed by atoms with Crippen LogP contribution in [0.5, 0.6) is 5.75 Å². The Hall–Kier alpha value is -3.37. The average Bonchev–Trinajstić information content (AvgIpc) is 3.29. The van der Waals surface area contributed by atoms with Crippen molar-refractivity contribution < 1.29 is 9.53 Å². The standard InChI is InChI=1S/C21H20N4O2S/c1-4-27-19-8-6-5-7-18(19)24-20(26)17(13-22)12-16-11-14(2)25(15(16)3)21-23-9-10-28-21/h5-12H,4H2,1-3H3,(H,24,26)/b17-12+. The summed E-state index contributed by atoms with van der Waals surface area (Å²) in [5.41, 5.74) is 3.26. The number of amides is 1. The van der Waals surface area contributed by atoms with Crippen molar-refractivity contribution in [3.05, 3.63) is 64.4 Å². The molecule has 0 bridgehead atoms. The number of nitriles is 1. The molecule has 142 valence electrons. The monoisotopic (exact) mass is 392 g/mol. The molecule has 1 amide bonds. The van der Waals surface area contributed by atoms with Gasteiger partial charge < -0.3 is 10.1 Å². The highest BCUT2D eigenvalue weighted by atomic mass is 32.1. The van der Waals surface area contributed by atoms with Crippen LogP contribution in [0, 0.1) is 25.2 Å². The summed E-state index contributed by atoms with van der Waals surface area (Å²) >= 11 is 1.53. The van der Waals surface area contributed by atoms with E-state index in [1.54, 1.807) is 30.5 Å². The SMILES string of the molecule is CCOc1ccccc1NC(=O)/C(C#N)=C/c1cc(C)n(-c2nccs2)c1C. The minimum atomic E-state index is -0.478. The summed E-state index contributed by atoms with van der Waals surface area (Å²) in [4.78, 5) is 17.0. The first-order valence-corrected chi connectivity index (χ1v) is 9.67. The topological polar surface area (TPSA) is 79.9 Å². The molecule has 0 atom stereocenters. The molecular weight excluding hydrogens is 372 g/mol. The second-order valence-electron chi connectivity index (χ2n) is 6.03. The zero-order valence-corrected chi connectivity index (χ0v) is 16.7. The molecule has 0 fully saturated rings. The van der Waals surface area contributed by atoms with Gasteiger partial charge in [-0.2, -0.15) is 5.26 Å². The van der Waals surface area contributed by atoms with E-state index < -0.39 is 5.91 Å². The molecule has 6 nitrogen and oxygen atoms in total. The van der Waals surface area contributed by atoms with E-state index in [0.29, 0.717) is 18.0 Å². The molecule has 0 aliphatic carbocycles. The second kappa shape index (κ2) is 8.55. The fourth-order valence-corrected chi connectivity index (χ4v) is 3.65. The van der Waals surface area contributed by atoms with Gasteiger partial charge in [-0.25, -0.2) is 4.98 Å². The summed E-state index contributed by atoms with van der Waals surface area (Å²) < 4.78 is 7.53. The number of carbonyl (C=O) groups is 1. The van der Waals surface area contributed by atoms with E-state index in [2.05, 4.69) is 10.3 Å². The second-order valence-corrected chi connectivity index (χ2v) is 6.90. The Morgan fingerprint density at radius 1 is 1.39 bits per heavy atom. The lowest BCUT2D eigenvalue weighted by Gasteiger charge is -2.10. The maximum Gasteiger partial charge on any atom is 0.266 e. The van der Waals surface area contributed by atoms with E-state index in [9.17, 15) is 10.1 Å². The highest BCUT2D eigenvalue weighted by Gasteiger charge is 2.16. The van der Waals surface area contributed by atoms with E-state index in [4.69, 9.17) is 4.74 Å². The molecule has 0 saturated heterocycles. The van der Waals surface area contributed by atoms with Crippen LogP contribution in [0.3, 0.4) is 0 Å². The van der Waals surface area contributed by atoms with Crippen LogP contribution in [0.2, 0.25) is 0 Å². The van der Waals surface area contributed by atoms with E-state index in [0.717, 1.165) is 22.1 Å². The summed E-state index contributed by atoms with van der Waals surface area (Å²) in [6.45, 7) is 6.27. The molecule has 0 aliphatic heterocycles. The molecular formula is C21H20N4O2S. The third-order valence-corrected chi connectivity index (χ3v) is 4.94. The molecule has 1 N–H and O–H groups in total. The number of aryl methyl sites for hydroxylation is 1. The number of carbonyl (C=O) groups excluding carboxylic acids is 1. The maximum atomic E-state index is 12.7. The smallest absolute Gasteiger partial charge is 0.266 e. The van der Waals surface area contributed by atoms with Crippen LogP contribution < -0.4 is 10.1 Å². The first-order valence-electron chi connectivity index (χ1n) is 8.79. The fraction of sp³-hybridized carbons (Fsp3) is 0.190. The van der Waals surface area contributed by atoms with Gasteiger partial charge in [-0.3, -0.25) is 9.36 Å². The van der Waals surface area contributed by atoms with Gasteiger partial charge in [0.15, 0.2) is 5.13 Å². The summed E-state index contributed by atoms with van der Waals surface area (Å²) in [6, 6.07) is 11.1. The van der Waals surface area contributed by atoms with E-state index in [1.165, 1.54) is 11.3 Å². The maximum absolute atomic E-state index is 12.7. The van der Waals surface area contributed by atoms with Gasteiger partial charge in [0, 0.05) is 23.0 Å². The predicted octanol–water partition coefficient (Wildman–Crippen LogP) is 4.50. The van der Waals surface area contributed by atoms with Crippen molar-refractivity contribution in [1.29, 1.82) is 5.26 Å². The average molecular weight is 392 g/mol. The Labute approximate surface area is 167 Å². The van der Waals surface area contributed by atoms with E-state index >= 15 is 0 Å². The van der Waals surface area contributed by atoms with Gasteiger partial charge >= 0.3 is 0 Å². The van der Waals surface area contributed by atoms with Gasteiger partial charge in [0.25, 0.3) is 5.91 Å². The Bertz CT molecular complexity index is 1060. The van der Waals surface area contributed by atoms with Crippen molar-refractivity contribution in [2.45, 2.75) is 20.8 Å². The third-order valence-electron chi connectivity index (χ3n) is 4.18. The predicted molar refractivity (Wildman–Crippen MR) is 111 cm³/mol. The van der Waals surface area contributed by atoms with Crippen molar-refractivity contribution in [3.63, 3.8) is 0 Å². The van der Waals surface area contributed by atoms with Gasteiger partial charge in [0.2, 0.25) is 0 Å². The first kappa shape index (κ1) is 19.4. The number of thiazole rings is 1. The molecule has 28 heavy (non-hydrogen) atoms. The van der Waals surface area contributed by atoms with Crippen LogP contribution in [0.25, 0.3) is 11.2 Å². The molecule has 3 rings (SSSR count). The minimum Gasteiger partial charge on any atom is -0.492 e. The number of ether oxygens (including phenoxy) is 1. The molecule has 0 radical (unpaired) electrons. The molecule has 7 heteroatoms. The lowest BCUT2D eigenvalue weighted by Crippen LogP contribution is -2.14. The van der Waals surface area contributed by atoms with Crippen molar-refractivity contribution in [2.75, 3.05) is 11.9 Å². The first-order chi connectivity index (χ1) is 13.5. The molecule has 0 unspecified atom stereocenters. The summed E-state index contributed by atoms with van der Waals surface area (Å²) in [5.74, 6) is 0.0892. The minimum absolute atomic E-state index is 0.0192. The van der Waals surface area contributed by atoms with E-state index in [1.807, 2.05) is 48.9 Å².